The summed E-state index contributed by atoms with van der Waals surface area (Å²) >= 11 is 0. The van der Waals surface area contributed by atoms with E-state index in [0.717, 1.165) is 18.6 Å². The van der Waals surface area contributed by atoms with Gasteiger partial charge in [0, 0.05) is 11.0 Å². The highest BCUT2D eigenvalue weighted by Crippen LogP contribution is 2.33. The molecule has 1 aromatic rings. The van der Waals surface area contributed by atoms with Crippen LogP contribution in [-0.4, -0.2) is 18.7 Å². The van der Waals surface area contributed by atoms with E-state index in [0.29, 0.717) is 12.2 Å². The summed E-state index contributed by atoms with van der Waals surface area (Å²) in [6, 6.07) is 8.34. The van der Waals surface area contributed by atoms with Crippen molar-refractivity contribution in [3.05, 3.63) is 41.5 Å². The summed E-state index contributed by atoms with van der Waals surface area (Å²) < 4.78 is 11.3. The van der Waals surface area contributed by atoms with Crippen molar-refractivity contribution in [2.24, 2.45) is 10.8 Å². The summed E-state index contributed by atoms with van der Waals surface area (Å²) in [4.78, 5) is 11.5. The van der Waals surface area contributed by atoms with E-state index in [9.17, 15) is 4.79 Å². The van der Waals surface area contributed by atoms with Crippen LogP contribution in [0.25, 0.3) is 0 Å². The highest BCUT2D eigenvalue weighted by atomic mass is 16.5. The third kappa shape index (κ3) is 5.12. The van der Waals surface area contributed by atoms with Crippen molar-refractivity contribution < 1.29 is 14.3 Å². The third-order valence-electron chi connectivity index (χ3n) is 4.40. The Bertz CT molecular complexity index is 603. The maximum Gasteiger partial charge on any atom is 0.334 e. The number of benzene rings is 1. The molecule has 1 heterocycles. The molecule has 0 aromatic heterocycles. The van der Waals surface area contributed by atoms with Crippen LogP contribution in [0.3, 0.4) is 0 Å². The molecule has 132 valence electrons. The van der Waals surface area contributed by atoms with Crippen LogP contribution in [0.15, 0.2) is 35.9 Å². The molecule has 0 radical (unpaired) electrons. The van der Waals surface area contributed by atoms with Crippen LogP contribution in [-0.2, 0) is 16.0 Å². The lowest BCUT2D eigenvalue weighted by Crippen LogP contribution is -2.30. The zero-order valence-electron chi connectivity index (χ0n) is 15.8. The van der Waals surface area contributed by atoms with Gasteiger partial charge in [-0.25, -0.2) is 4.79 Å². The highest BCUT2D eigenvalue weighted by molar-refractivity contribution is 5.90. The van der Waals surface area contributed by atoms with Crippen LogP contribution in [0, 0.1) is 10.8 Å². The van der Waals surface area contributed by atoms with E-state index in [4.69, 9.17) is 9.47 Å². The van der Waals surface area contributed by atoms with E-state index in [2.05, 4.69) is 46.8 Å². The van der Waals surface area contributed by atoms with Gasteiger partial charge in [-0.2, -0.15) is 0 Å². The molecule has 2 rings (SSSR count). The maximum absolute atomic E-state index is 11.5. The van der Waals surface area contributed by atoms with Gasteiger partial charge >= 0.3 is 5.97 Å². The second kappa shape index (κ2) is 7.00. The number of ether oxygens (including phenoxy) is 2. The first-order valence-corrected chi connectivity index (χ1v) is 8.68. The Labute approximate surface area is 146 Å². The van der Waals surface area contributed by atoms with Gasteiger partial charge in [-0.15, -0.1) is 0 Å². The fraction of sp³-hybridized carbons (Fsp3) is 0.571. The Hall–Kier alpha value is -1.77. The SMILES string of the molecule is CC1=CC(C(C)(C)CCOc2ccc(CC(C)(C)C)cc2)OC1=O. The van der Waals surface area contributed by atoms with Gasteiger partial charge in [-0.3, -0.25) is 0 Å². The third-order valence-corrected chi connectivity index (χ3v) is 4.40. The van der Waals surface area contributed by atoms with Gasteiger partial charge in [-0.05, 0) is 49.0 Å². The van der Waals surface area contributed by atoms with Crippen molar-refractivity contribution in [3.8, 4) is 5.75 Å². The fourth-order valence-corrected chi connectivity index (χ4v) is 2.81. The van der Waals surface area contributed by atoms with Crippen molar-refractivity contribution in [2.75, 3.05) is 6.61 Å². The van der Waals surface area contributed by atoms with Gasteiger partial charge < -0.3 is 9.47 Å². The molecule has 0 spiro atoms. The van der Waals surface area contributed by atoms with Crippen molar-refractivity contribution in [2.45, 2.75) is 60.5 Å². The Balaban J connectivity index is 1.84. The molecule has 24 heavy (non-hydrogen) atoms. The lowest BCUT2D eigenvalue weighted by molar-refractivity contribution is -0.144. The molecule has 3 heteroatoms. The molecule has 0 bridgehead atoms. The van der Waals surface area contributed by atoms with Crippen molar-refractivity contribution in [1.82, 2.24) is 0 Å². The summed E-state index contributed by atoms with van der Waals surface area (Å²) in [5.74, 6) is 0.682. The van der Waals surface area contributed by atoms with Crippen LogP contribution < -0.4 is 4.74 Å². The molecule has 0 N–H and O–H groups in total. The second-order valence-corrected chi connectivity index (χ2v) is 8.64. The van der Waals surface area contributed by atoms with E-state index >= 15 is 0 Å². The zero-order valence-corrected chi connectivity index (χ0v) is 15.8. The molecule has 1 atom stereocenters. The number of hydrogen-bond acceptors (Lipinski definition) is 3. The van der Waals surface area contributed by atoms with Crippen molar-refractivity contribution in [3.63, 3.8) is 0 Å². The van der Waals surface area contributed by atoms with Crippen LogP contribution in [0.5, 0.6) is 5.75 Å². The predicted molar refractivity (Wildman–Crippen MR) is 97.1 cm³/mol. The molecular formula is C21H30O3. The minimum absolute atomic E-state index is 0.139. The van der Waals surface area contributed by atoms with Gasteiger partial charge in [-0.1, -0.05) is 46.8 Å². The monoisotopic (exact) mass is 330 g/mol. The lowest BCUT2D eigenvalue weighted by atomic mass is 9.83. The van der Waals surface area contributed by atoms with E-state index in [-0.39, 0.29) is 22.9 Å². The molecule has 1 aromatic carbocycles. The molecule has 0 saturated carbocycles. The highest BCUT2D eigenvalue weighted by Gasteiger charge is 2.35. The quantitative estimate of drug-likeness (QED) is 0.693. The fourth-order valence-electron chi connectivity index (χ4n) is 2.81. The smallest absolute Gasteiger partial charge is 0.334 e. The van der Waals surface area contributed by atoms with Crippen LogP contribution in [0.4, 0.5) is 0 Å². The number of rotatable bonds is 6. The Kier molecular flexibility index (Phi) is 5.42. The van der Waals surface area contributed by atoms with Gasteiger partial charge in [0.05, 0.1) is 6.61 Å². The molecule has 0 amide bonds. The number of esters is 1. The minimum Gasteiger partial charge on any atom is -0.494 e. The first kappa shape index (κ1) is 18.6. The Morgan fingerprint density at radius 2 is 1.71 bits per heavy atom. The van der Waals surface area contributed by atoms with Gasteiger partial charge in [0.25, 0.3) is 0 Å². The van der Waals surface area contributed by atoms with E-state index in [1.807, 2.05) is 18.2 Å². The molecule has 0 fully saturated rings. The summed E-state index contributed by atoms with van der Waals surface area (Å²) in [6.07, 6.45) is 3.63. The summed E-state index contributed by atoms with van der Waals surface area (Å²) in [7, 11) is 0. The van der Waals surface area contributed by atoms with Crippen LogP contribution in [0.2, 0.25) is 0 Å². The van der Waals surface area contributed by atoms with Crippen molar-refractivity contribution >= 4 is 5.97 Å². The predicted octanol–water partition coefficient (Wildman–Crippen LogP) is 4.94. The summed E-state index contributed by atoms with van der Waals surface area (Å²) in [5.41, 5.74) is 2.17. The van der Waals surface area contributed by atoms with Gasteiger partial charge in [0.1, 0.15) is 11.9 Å². The zero-order chi connectivity index (χ0) is 18.0. The number of hydrogen-bond donors (Lipinski definition) is 0. The van der Waals surface area contributed by atoms with Crippen LogP contribution in [0.1, 0.15) is 53.5 Å². The molecular weight excluding hydrogens is 300 g/mol. The largest absolute Gasteiger partial charge is 0.494 e. The summed E-state index contributed by atoms with van der Waals surface area (Å²) in [6.45, 7) is 13.3. The summed E-state index contributed by atoms with van der Waals surface area (Å²) in [5, 5.41) is 0. The molecule has 0 aliphatic carbocycles. The van der Waals surface area contributed by atoms with Crippen LogP contribution >= 0.6 is 0 Å². The van der Waals surface area contributed by atoms with E-state index in [1.54, 1.807) is 6.92 Å². The maximum atomic E-state index is 11.5. The number of carbonyl (C=O) groups is 1. The topological polar surface area (TPSA) is 35.5 Å². The van der Waals surface area contributed by atoms with E-state index < -0.39 is 0 Å². The van der Waals surface area contributed by atoms with Crippen molar-refractivity contribution in [1.29, 1.82) is 0 Å². The number of carbonyl (C=O) groups excluding carboxylic acids is 1. The first-order valence-electron chi connectivity index (χ1n) is 8.68. The van der Waals surface area contributed by atoms with E-state index in [1.165, 1.54) is 5.56 Å². The average molecular weight is 330 g/mol. The molecule has 1 unspecified atom stereocenters. The average Bonchev–Trinajstić information content (AvgIpc) is 2.80. The Morgan fingerprint density at radius 1 is 1.08 bits per heavy atom. The standard InChI is InChI=1S/C21H30O3/c1-15-13-18(24-19(15)22)21(5,6)11-12-23-17-9-7-16(8-10-17)14-20(2,3)4/h7-10,13,18H,11-12,14H2,1-6H3. The van der Waals surface area contributed by atoms with Gasteiger partial charge in [0.2, 0.25) is 0 Å². The lowest BCUT2D eigenvalue weighted by Gasteiger charge is -2.29. The van der Waals surface area contributed by atoms with Gasteiger partial charge in [0.15, 0.2) is 0 Å². The molecule has 1 aliphatic heterocycles. The molecule has 0 saturated heterocycles. The first-order chi connectivity index (χ1) is 11.1. The number of cyclic esters (lactones) is 1. The Morgan fingerprint density at radius 3 is 2.21 bits per heavy atom. The molecule has 3 nitrogen and oxygen atoms in total. The normalized spacial score (nSPS) is 18.3. The minimum atomic E-state index is -0.205. The molecule has 1 aliphatic rings. The second-order valence-electron chi connectivity index (χ2n) is 8.64.